The van der Waals surface area contributed by atoms with Crippen molar-refractivity contribution in [3.63, 3.8) is 0 Å². The highest BCUT2D eigenvalue weighted by Gasteiger charge is 2.19. The number of hydrogen-bond acceptors (Lipinski definition) is 3. The maximum absolute atomic E-state index is 3.68. The fraction of sp³-hybridized carbons (Fsp3) is 1.00. The van der Waals surface area contributed by atoms with Gasteiger partial charge >= 0.3 is 0 Å². The summed E-state index contributed by atoms with van der Waals surface area (Å²) in [6.07, 6.45) is 6.96. The predicted octanol–water partition coefficient (Wildman–Crippen LogP) is 1.93. The molecular weight excluding hydrogens is 222 g/mol. The van der Waals surface area contributed by atoms with Crippen molar-refractivity contribution in [2.45, 2.75) is 58.0 Å². The molecule has 2 fully saturated rings. The predicted molar refractivity (Wildman–Crippen MR) is 78.0 cm³/mol. The molecule has 0 amide bonds. The fourth-order valence-electron chi connectivity index (χ4n) is 3.20. The molecule has 18 heavy (non-hydrogen) atoms. The number of nitrogens with one attached hydrogen (secondary N) is 1. The van der Waals surface area contributed by atoms with Crippen LogP contribution >= 0.6 is 0 Å². The molecule has 0 bridgehead atoms. The Hall–Kier alpha value is -0.120. The van der Waals surface area contributed by atoms with Crippen molar-refractivity contribution in [1.82, 2.24) is 15.1 Å². The first kappa shape index (κ1) is 14.3. The SMILES string of the molecule is CC(C)N(CCN1CCCC1)CC1CCCCN1. The Labute approximate surface area is 113 Å². The van der Waals surface area contributed by atoms with Gasteiger partial charge in [-0.25, -0.2) is 0 Å². The Balaban J connectivity index is 1.72. The summed E-state index contributed by atoms with van der Waals surface area (Å²) in [6, 6.07) is 1.41. The minimum atomic E-state index is 0.677. The van der Waals surface area contributed by atoms with E-state index in [1.165, 1.54) is 71.4 Å². The standard InChI is InChI=1S/C15H31N3/c1-14(2)18(12-11-17-9-5-6-10-17)13-15-7-3-4-8-16-15/h14-16H,3-13H2,1-2H3. The summed E-state index contributed by atoms with van der Waals surface area (Å²) in [7, 11) is 0. The van der Waals surface area contributed by atoms with Crippen molar-refractivity contribution in [1.29, 1.82) is 0 Å². The molecule has 3 nitrogen and oxygen atoms in total. The zero-order valence-corrected chi connectivity index (χ0v) is 12.3. The Morgan fingerprint density at radius 3 is 2.56 bits per heavy atom. The van der Waals surface area contributed by atoms with Crippen LogP contribution in [0, 0.1) is 0 Å². The third kappa shape index (κ3) is 4.52. The second-order valence-corrected chi connectivity index (χ2v) is 6.28. The van der Waals surface area contributed by atoms with Gasteiger partial charge in [-0.05, 0) is 59.2 Å². The van der Waals surface area contributed by atoms with Crippen molar-refractivity contribution in [2.75, 3.05) is 39.3 Å². The molecule has 2 aliphatic rings. The number of hydrogen-bond donors (Lipinski definition) is 1. The lowest BCUT2D eigenvalue weighted by Gasteiger charge is -2.34. The highest BCUT2D eigenvalue weighted by atomic mass is 15.2. The summed E-state index contributed by atoms with van der Waals surface area (Å²) in [6.45, 7) is 12.3. The van der Waals surface area contributed by atoms with E-state index in [0.29, 0.717) is 6.04 Å². The summed E-state index contributed by atoms with van der Waals surface area (Å²) in [5.74, 6) is 0. The van der Waals surface area contributed by atoms with Crippen LogP contribution in [-0.2, 0) is 0 Å². The van der Waals surface area contributed by atoms with Crippen molar-refractivity contribution in [3.8, 4) is 0 Å². The molecule has 106 valence electrons. The highest BCUT2D eigenvalue weighted by Crippen LogP contribution is 2.12. The molecule has 2 aliphatic heterocycles. The first-order valence-electron chi connectivity index (χ1n) is 7.95. The van der Waals surface area contributed by atoms with E-state index in [9.17, 15) is 0 Å². The van der Waals surface area contributed by atoms with Gasteiger partial charge in [0.2, 0.25) is 0 Å². The monoisotopic (exact) mass is 253 g/mol. The van der Waals surface area contributed by atoms with Crippen LogP contribution in [-0.4, -0.2) is 61.2 Å². The van der Waals surface area contributed by atoms with Gasteiger partial charge in [0.25, 0.3) is 0 Å². The van der Waals surface area contributed by atoms with E-state index in [4.69, 9.17) is 0 Å². The van der Waals surface area contributed by atoms with Crippen LogP contribution in [0.3, 0.4) is 0 Å². The average molecular weight is 253 g/mol. The molecule has 2 saturated heterocycles. The Bertz CT molecular complexity index is 218. The van der Waals surface area contributed by atoms with Crippen LogP contribution in [0.4, 0.5) is 0 Å². The van der Waals surface area contributed by atoms with Gasteiger partial charge in [0, 0.05) is 31.7 Å². The van der Waals surface area contributed by atoms with Crippen molar-refractivity contribution < 1.29 is 0 Å². The molecule has 0 aromatic heterocycles. The van der Waals surface area contributed by atoms with E-state index in [0.717, 1.165) is 6.04 Å². The summed E-state index contributed by atoms with van der Waals surface area (Å²) in [5, 5.41) is 3.68. The van der Waals surface area contributed by atoms with Gasteiger partial charge in [-0.2, -0.15) is 0 Å². The molecule has 0 radical (unpaired) electrons. The van der Waals surface area contributed by atoms with Gasteiger partial charge in [0.1, 0.15) is 0 Å². The molecule has 0 aliphatic carbocycles. The van der Waals surface area contributed by atoms with E-state index < -0.39 is 0 Å². The molecule has 0 spiro atoms. The average Bonchev–Trinajstić information content (AvgIpc) is 2.88. The Kier molecular flexibility index (Phi) is 5.93. The molecule has 1 N–H and O–H groups in total. The van der Waals surface area contributed by atoms with Crippen molar-refractivity contribution in [2.24, 2.45) is 0 Å². The highest BCUT2D eigenvalue weighted by molar-refractivity contribution is 4.78. The number of piperidine rings is 1. The maximum atomic E-state index is 3.68. The van der Waals surface area contributed by atoms with E-state index in [1.807, 2.05) is 0 Å². The quantitative estimate of drug-likeness (QED) is 0.780. The van der Waals surface area contributed by atoms with E-state index in [-0.39, 0.29) is 0 Å². The van der Waals surface area contributed by atoms with Crippen molar-refractivity contribution >= 4 is 0 Å². The zero-order valence-electron chi connectivity index (χ0n) is 12.3. The third-order valence-corrected chi connectivity index (χ3v) is 4.50. The number of likely N-dealkylation sites (tertiary alicyclic amines) is 1. The minimum Gasteiger partial charge on any atom is -0.313 e. The third-order valence-electron chi connectivity index (χ3n) is 4.50. The second-order valence-electron chi connectivity index (χ2n) is 6.28. The zero-order chi connectivity index (χ0) is 12.8. The smallest absolute Gasteiger partial charge is 0.0195 e. The maximum Gasteiger partial charge on any atom is 0.0195 e. The van der Waals surface area contributed by atoms with E-state index >= 15 is 0 Å². The van der Waals surface area contributed by atoms with Crippen LogP contribution < -0.4 is 5.32 Å². The van der Waals surface area contributed by atoms with Gasteiger partial charge in [-0.15, -0.1) is 0 Å². The van der Waals surface area contributed by atoms with Gasteiger partial charge in [-0.3, -0.25) is 4.90 Å². The largest absolute Gasteiger partial charge is 0.313 e. The lowest BCUT2D eigenvalue weighted by molar-refractivity contribution is 0.163. The first-order valence-corrected chi connectivity index (χ1v) is 7.95. The molecule has 1 atom stereocenters. The number of nitrogens with zero attached hydrogens (tertiary/aromatic N) is 2. The molecule has 2 rings (SSSR count). The summed E-state index contributed by atoms with van der Waals surface area (Å²) in [4.78, 5) is 5.30. The van der Waals surface area contributed by atoms with Crippen LogP contribution in [0.25, 0.3) is 0 Å². The molecular formula is C15H31N3. The van der Waals surface area contributed by atoms with Gasteiger partial charge in [0.05, 0.1) is 0 Å². The van der Waals surface area contributed by atoms with Gasteiger partial charge in [0.15, 0.2) is 0 Å². The lowest BCUT2D eigenvalue weighted by atomic mass is 10.0. The van der Waals surface area contributed by atoms with E-state index in [2.05, 4.69) is 29.0 Å². The van der Waals surface area contributed by atoms with Crippen LogP contribution in [0.5, 0.6) is 0 Å². The molecule has 0 aromatic carbocycles. The second kappa shape index (κ2) is 7.46. The van der Waals surface area contributed by atoms with Crippen LogP contribution in [0.2, 0.25) is 0 Å². The lowest BCUT2D eigenvalue weighted by Crippen LogP contribution is -2.47. The molecule has 2 heterocycles. The molecule has 1 unspecified atom stereocenters. The van der Waals surface area contributed by atoms with Crippen LogP contribution in [0.1, 0.15) is 46.0 Å². The van der Waals surface area contributed by atoms with Crippen molar-refractivity contribution in [3.05, 3.63) is 0 Å². The van der Waals surface area contributed by atoms with E-state index in [1.54, 1.807) is 0 Å². The topological polar surface area (TPSA) is 18.5 Å². The Morgan fingerprint density at radius 1 is 1.17 bits per heavy atom. The summed E-state index contributed by atoms with van der Waals surface area (Å²) < 4.78 is 0. The molecule has 0 saturated carbocycles. The minimum absolute atomic E-state index is 0.677. The Morgan fingerprint density at radius 2 is 1.94 bits per heavy atom. The first-order chi connectivity index (χ1) is 8.75. The van der Waals surface area contributed by atoms with Crippen LogP contribution in [0.15, 0.2) is 0 Å². The van der Waals surface area contributed by atoms with Gasteiger partial charge in [-0.1, -0.05) is 6.42 Å². The normalized spacial score (nSPS) is 26.3. The summed E-state index contributed by atoms with van der Waals surface area (Å²) >= 11 is 0. The number of rotatable bonds is 6. The fourth-order valence-corrected chi connectivity index (χ4v) is 3.20. The van der Waals surface area contributed by atoms with Gasteiger partial charge < -0.3 is 10.2 Å². The molecule has 3 heteroatoms. The molecule has 0 aromatic rings. The summed E-state index contributed by atoms with van der Waals surface area (Å²) in [5.41, 5.74) is 0.